The molecule has 0 atom stereocenters. The third-order valence-electron chi connectivity index (χ3n) is 3.37. The number of aromatic nitrogens is 2. The summed E-state index contributed by atoms with van der Waals surface area (Å²) in [6.07, 6.45) is 1.30. The van der Waals surface area contributed by atoms with Gasteiger partial charge in [-0.2, -0.15) is 4.31 Å². The van der Waals surface area contributed by atoms with Crippen LogP contribution in [0.1, 0.15) is 13.8 Å². The van der Waals surface area contributed by atoms with E-state index in [-0.39, 0.29) is 16.4 Å². The van der Waals surface area contributed by atoms with Crippen LogP contribution in [0, 0.1) is 0 Å². The number of nitrogens with one attached hydrogen (secondary N) is 1. The van der Waals surface area contributed by atoms with Crippen molar-refractivity contribution in [2.75, 3.05) is 29.9 Å². The SMILES string of the molecule is CCN(CC)S(=O)(=O)c1ccc(Nc2ncnc(N)c2N)cc1. The Morgan fingerprint density at radius 2 is 1.70 bits per heavy atom. The summed E-state index contributed by atoms with van der Waals surface area (Å²) in [6, 6.07) is 6.37. The number of nitrogen functional groups attached to an aromatic ring is 2. The van der Waals surface area contributed by atoms with Gasteiger partial charge in [0.05, 0.1) is 4.90 Å². The Morgan fingerprint density at radius 1 is 1.09 bits per heavy atom. The predicted octanol–water partition coefficient (Wildman–Crippen LogP) is 1.42. The van der Waals surface area contributed by atoms with Gasteiger partial charge < -0.3 is 16.8 Å². The second-order valence-corrected chi connectivity index (χ2v) is 6.70. The van der Waals surface area contributed by atoms with Gasteiger partial charge in [0.2, 0.25) is 10.0 Å². The summed E-state index contributed by atoms with van der Waals surface area (Å²) < 4.78 is 26.2. The first kappa shape index (κ1) is 17.0. The van der Waals surface area contributed by atoms with Crippen molar-refractivity contribution in [1.29, 1.82) is 0 Å². The Hall–Kier alpha value is -2.39. The molecule has 0 saturated heterocycles. The van der Waals surface area contributed by atoms with E-state index in [9.17, 15) is 8.42 Å². The van der Waals surface area contributed by atoms with E-state index in [2.05, 4.69) is 15.3 Å². The normalized spacial score (nSPS) is 11.6. The zero-order valence-corrected chi connectivity index (χ0v) is 13.8. The lowest BCUT2D eigenvalue weighted by Crippen LogP contribution is -2.30. The predicted molar refractivity (Wildman–Crippen MR) is 90.7 cm³/mol. The van der Waals surface area contributed by atoms with Gasteiger partial charge >= 0.3 is 0 Å². The van der Waals surface area contributed by atoms with Crippen LogP contribution in [0.2, 0.25) is 0 Å². The molecule has 5 N–H and O–H groups in total. The van der Waals surface area contributed by atoms with Gasteiger partial charge in [-0.3, -0.25) is 0 Å². The van der Waals surface area contributed by atoms with Gasteiger partial charge in [0.1, 0.15) is 12.0 Å². The highest BCUT2D eigenvalue weighted by atomic mass is 32.2. The van der Waals surface area contributed by atoms with Crippen molar-refractivity contribution < 1.29 is 8.42 Å². The molecule has 124 valence electrons. The maximum atomic E-state index is 12.4. The lowest BCUT2D eigenvalue weighted by atomic mass is 10.3. The van der Waals surface area contributed by atoms with Crippen molar-refractivity contribution >= 4 is 33.0 Å². The molecule has 0 radical (unpaired) electrons. The molecule has 2 rings (SSSR count). The average Bonchev–Trinajstić information content (AvgIpc) is 2.53. The van der Waals surface area contributed by atoms with Crippen LogP contribution in [0.3, 0.4) is 0 Å². The molecule has 0 fully saturated rings. The molecule has 1 heterocycles. The number of rotatable bonds is 6. The highest BCUT2D eigenvalue weighted by Crippen LogP contribution is 2.25. The van der Waals surface area contributed by atoms with E-state index in [1.54, 1.807) is 26.0 Å². The van der Waals surface area contributed by atoms with Crippen LogP contribution in [0.25, 0.3) is 0 Å². The molecule has 8 nitrogen and oxygen atoms in total. The molecular weight excluding hydrogens is 316 g/mol. The Kier molecular flexibility index (Phi) is 5.02. The summed E-state index contributed by atoms with van der Waals surface area (Å²) in [4.78, 5) is 8.03. The molecule has 0 amide bonds. The molecule has 0 aliphatic heterocycles. The topological polar surface area (TPSA) is 127 Å². The van der Waals surface area contributed by atoms with Gasteiger partial charge in [-0.05, 0) is 24.3 Å². The molecular formula is C14H20N6O2S. The molecule has 9 heteroatoms. The van der Waals surface area contributed by atoms with E-state index in [1.807, 2.05) is 0 Å². The van der Waals surface area contributed by atoms with Gasteiger partial charge in [-0.15, -0.1) is 0 Å². The Balaban J connectivity index is 2.25. The lowest BCUT2D eigenvalue weighted by molar-refractivity contribution is 0.445. The van der Waals surface area contributed by atoms with Gasteiger partial charge in [-0.25, -0.2) is 18.4 Å². The molecule has 0 aliphatic rings. The molecule has 2 aromatic rings. The monoisotopic (exact) mass is 336 g/mol. The minimum absolute atomic E-state index is 0.184. The summed E-state index contributed by atoms with van der Waals surface area (Å²) >= 11 is 0. The van der Waals surface area contributed by atoms with E-state index >= 15 is 0 Å². The van der Waals surface area contributed by atoms with E-state index in [0.29, 0.717) is 24.6 Å². The van der Waals surface area contributed by atoms with Gasteiger partial charge in [0, 0.05) is 18.8 Å². The lowest BCUT2D eigenvalue weighted by Gasteiger charge is -2.18. The minimum atomic E-state index is -3.47. The first-order valence-corrected chi connectivity index (χ1v) is 8.57. The third-order valence-corrected chi connectivity index (χ3v) is 5.44. The standard InChI is InChI=1S/C14H20N6O2S/c1-3-20(4-2)23(21,22)11-7-5-10(6-8-11)19-14-12(15)13(16)17-9-18-14/h5-9H,3-4,15H2,1-2H3,(H3,16,17,18,19). The number of nitrogens with zero attached hydrogens (tertiary/aromatic N) is 3. The maximum Gasteiger partial charge on any atom is 0.243 e. The van der Waals surface area contributed by atoms with Crippen LogP contribution >= 0.6 is 0 Å². The molecule has 0 spiro atoms. The Morgan fingerprint density at radius 3 is 2.26 bits per heavy atom. The summed E-state index contributed by atoms with van der Waals surface area (Å²) in [5, 5.41) is 2.98. The van der Waals surface area contributed by atoms with Crippen molar-refractivity contribution in [2.45, 2.75) is 18.7 Å². The smallest absolute Gasteiger partial charge is 0.243 e. The van der Waals surface area contributed by atoms with Crippen molar-refractivity contribution in [3.63, 3.8) is 0 Å². The molecule has 0 bridgehead atoms. The highest BCUT2D eigenvalue weighted by Gasteiger charge is 2.21. The Labute approximate surface area is 135 Å². The molecule has 0 unspecified atom stereocenters. The fourth-order valence-corrected chi connectivity index (χ4v) is 3.53. The van der Waals surface area contributed by atoms with Crippen LogP contribution in [0.5, 0.6) is 0 Å². The second kappa shape index (κ2) is 6.80. The first-order chi connectivity index (χ1) is 10.9. The van der Waals surface area contributed by atoms with Crippen LogP contribution in [-0.2, 0) is 10.0 Å². The minimum Gasteiger partial charge on any atom is -0.393 e. The number of sulfonamides is 1. The van der Waals surface area contributed by atoms with E-state index in [0.717, 1.165) is 0 Å². The number of anilines is 4. The van der Waals surface area contributed by atoms with Gasteiger partial charge in [-0.1, -0.05) is 13.8 Å². The van der Waals surface area contributed by atoms with Crippen molar-refractivity contribution in [2.24, 2.45) is 0 Å². The summed E-state index contributed by atoms with van der Waals surface area (Å²) in [7, 11) is -3.47. The summed E-state index contributed by atoms with van der Waals surface area (Å²) in [5.41, 5.74) is 12.3. The zero-order valence-electron chi connectivity index (χ0n) is 13.0. The van der Waals surface area contributed by atoms with Crippen molar-refractivity contribution in [3.8, 4) is 0 Å². The van der Waals surface area contributed by atoms with E-state index < -0.39 is 10.0 Å². The van der Waals surface area contributed by atoms with Crippen LogP contribution in [-0.4, -0.2) is 35.8 Å². The van der Waals surface area contributed by atoms with Crippen molar-refractivity contribution in [1.82, 2.24) is 14.3 Å². The average molecular weight is 336 g/mol. The van der Waals surface area contributed by atoms with Gasteiger partial charge in [0.25, 0.3) is 0 Å². The van der Waals surface area contributed by atoms with Crippen molar-refractivity contribution in [3.05, 3.63) is 30.6 Å². The first-order valence-electron chi connectivity index (χ1n) is 7.13. The zero-order chi connectivity index (χ0) is 17.0. The molecule has 1 aromatic carbocycles. The number of hydrogen-bond acceptors (Lipinski definition) is 7. The summed E-state index contributed by atoms with van der Waals surface area (Å²) in [6.45, 7) is 4.46. The fourth-order valence-electron chi connectivity index (χ4n) is 2.07. The van der Waals surface area contributed by atoms with Crippen LogP contribution in [0.4, 0.5) is 23.0 Å². The molecule has 0 saturated carbocycles. The number of benzene rings is 1. The number of nitrogens with two attached hydrogens (primary N) is 2. The van der Waals surface area contributed by atoms with E-state index in [1.165, 1.54) is 22.8 Å². The third kappa shape index (κ3) is 3.51. The molecule has 0 aliphatic carbocycles. The molecule has 23 heavy (non-hydrogen) atoms. The number of hydrogen-bond donors (Lipinski definition) is 3. The quantitative estimate of drug-likeness (QED) is 0.727. The second-order valence-electron chi connectivity index (χ2n) is 4.76. The summed E-state index contributed by atoms with van der Waals surface area (Å²) in [5.74, 6) is 0.556. The highest BCUT2D eigenvalue weighted by molar-refractivity contribution is 7.89. The van der Waals surface area contributed by atoms with Crippen LogP contribution in [0.15, 0.2) is 35.5 Å². The fraction of sp³-hybridized carbons (Fsp3) is 0.286. The Bertz CT molecular complexity index is 772. The van der Waals surface area contributed by atoms with Crippen LogP contribution < -0.4 is 16.8 Å². The van der Waals surface area contributed by atoms with Gasteiger partial charge in [0.15, 0.2) is 11.6 Å². The molecule has 1 aromatic heterocycles. The largest absolute Gasteiger partial charge is 0.393 e. The maximum absolute atomic E-state index is 12.4. The van der Waals surface area contributed by atoms with E-state index in [4.69, 9.17) is 11.5 Å².